The summed E-state index contributed by atoms with van der Waals surface area (Å²) < 4.78 is 0. The molecule has 1 fully saturated rings. The summed E-state index contributed by atoms with van der Waals surface area (Å²) in [5.41, 5.74) is 1.88. The fraction of sp³-hybridized carbons (Fsp3) is 0.312. The number of rotatable bonds is 2. The lowest BCUT2D eigenvalue weighted by molar-refractivity contribution is 0.0746. The molecule has 0 atom stereocenters. The summed E-state index contributed by atoms with van der Waals surface area (Å²) in [5.74, 6) is 0.984. The molecule has 1 saturated heterocycles. The monoisotopic (exact) mass is 282 g/mol. The number of nitrogens with zero attached hydrogens (tertiary/aromatic N) is 4. The van der Waals surface area contributed by atoms with Gasteiger partial charge in [-0.15, -0.1) is 0 Å². The third-order valence-electron chi connectivity index (χ3n) is 3.71. The van der Waals surface area contributed by atoms with E-state index in [1.807, 2.05) is 36.1 Å². The molecule has 0 unspecified atom stereocenters. The van der Waals surface area contributed by atoms with Crippen molar-refractivity contribution >= 4 is 11.7 Å². The van der Waals surface area contributed by atoms with E-state index in [9.17, 15) is 4.79 Å². The van der Waals surface area contributed by atoms with Crippen molar-refractivity contribution in [1.29, 1.82) is 0 Å². The molecule has 2 aromatic rings. The van der Waals surface area contributed by atoms with Gasteiger partial charge in [-0.3, -0.25) is 9.78 Å². The summed E-state index contributed by atoms with van der Waals surface area (Å²) in [5, 5.41) is 0. The molecule has 1 aliphatic heterocycles. The first-order valence-corrected chi connectivity index (χ1v) is 7.11. The maximum absolute atomic E-state index is 12.5. The van der Waals surface area contributed by atoms with Gasteiger partial charge in [0.1, 0.15) is 5.82 Å². The summed E-state index contributed by atoms with van der Waals surface area (Å²) in [6, 6.07) is 7.75. The molecule has 0 N–H and O–H groups in total. The van der Waals surface area contributed by atoms with Gasteiger partial charge in [-0.1, -0.05) is 17.7 Å². The van der Waals surface area contributed by atoms with Crippen molar-refractivity contribution < 1.29 is 4.79 Å². The van der Waals surface area contributed by atoms with Crippen LogP contribution in [0.25, 0.3) is 0 Å². The topological polar surface area (TPSA) is 49.3 Å². The fourth-order valence-corrected chi connectivity index (χ4v) is 2.55. The van der Waals surface area contributed by atoms with Crippen LogP contribution in [0.5, 0.6) is 0 Å². The molecule has 108 valence electrons. The molecule has 1 aliphatic rings. The van der Waals surface area contributed by atoms with Crippen LogP contribution in [0.15, 0.2) is 42.9 Å². The lowest BCUT2D eigenvalue weighted by Gasteiger charge is -2.35. The van der Waals surface area contributed by atoms with Crippen LogP contribution in [0.2, 0.25) is 0 Å². The maximum atomic E-state index is 12.5. The van der Waals surface area contributed by atoms with Gasteiger partial charge in [-0.25, -0.2) is 4.98 Å². The SMILES string of the molecule is Cc1cccc(C(=O)N2CCN(c3cnccn3)CC2)c1. The molecule has 1 aromatic carbocycles. The number of anilines is 1. The zero-order valence-corrected chi connectivity index (χ0v) is 12.1. The molecule has 21 heavy (non-hydrogen) atoms. The lowest BCUT2D eigenvalue weighted by Crippen LogP contribution is -2.49. The van der Waals surface area contributed by atoms with Gasteiger partial charge >= 0.3 is 0 Å². The molecule has 0 spiro atoms. The Kier molecular flexibility index (Phi) is 3.81. The van der Waals surface area contributed by atoms with Crippen molar-refractivity contribution in [3.63, 3.8) is 0 Å². The second-order valence-electron chi connectivity index (χ2n) is 5.21. The standard InChI is InChI=1S/C16H18N4O/c1-13-3-2-4-14(11-13)16(21)20-9-7-19(8-10-20)15-12-17-5-6-18-15/h2-6,11-12H,7-10H2,1H3. The molecule has 0 radical (unpaired) electrons. The minimum absolute atomic E-state index is 0.109. The van der Waals surface area contributed by atoms with E-state index >= 15 is 0 Å². The van der Waals surface area contributed by atoms with Crippen molar-refractivity contribution in [1.82, 2.24) is 14.9 Å². The minimum atomic E-state index is 0.109. The Morgan fingerprint density at radius 1 is 1.14 bits per heavy atom. The molecule has 5 nitrogen and oxygen atoms in total. The van der Waals surface area contributed by atoms with Crippen LogP contribution in [0, 0.1) is 6.92 Å². The van der Waals surface area contributed by atoms with Gasteiger partial charge in [0.05, 0.1) is 6.20 Å². The summed E-state index contributed by atoms with van der Waals surface area (Å²) in [4.78, 5) is 24.9. The zero-order valence-electron chi connectivity index (χ0n) is 12.1. The number of aromatic nitrogens is 2. The van der Waals surface area contributed by atoms with Gasteiger partial charge in [0.25, 0.3) is 5.91 Å². The van der Waals surface area contributed by atoms with Crippen molar-refractivity contribution in [2.75, 3.05) is 31.1 Å². The molecule has 0 bridgehead atoms. The van der Waals surface area contributed by atoms with Crippen LogP contribution < -0.4 is 4.90 Å². The third kappa shape index (κ3) is 3.02. The molecule has 1 aromatic heterocycles. The quantitative estimate of drug-likeness (QED) is 0.842. The van der Waals surface area contributed by atoms with Gasteiger partial charge in [-0.2, -0.15) is 0 Å². The Bertz CT molecular complexity index is 621. The van der Waals surface area contributed by atoms with Crippen molar-refractivity contribution in [2.24, 2.45) is 0 Å². The maximum Gasteiger partial charge on any atom is 0.253 e. The summed E-state index contributed by atoms with van der Waals surface area (Å²) >= 11 is 0. The van der Waals surface area contributed by atoms with Crippen LogP contribution in [0.3, 0.4) is 0 Å². The van der Waals surface area contributed by atoms with Crippen molar-refractivity contribution in [3.8, 4) is 0 Å². The highest BCUT2D eigenvalue weighted by atomic mass is 16.2. The summed E-state index contributed by atoms with van der Waals surface area (Å²) in [7, 11) is 0. The number of hydrogen-bond donors (Lipinski definition) is 0. The van der Waals surface area contributed by atoms with E-state index in [-0.39, 0.29) is 5.91 Å². The van der Waals surface area contributed by atoms with Crippen LogP contribution in [0.4, 0.5) is 5.82 Å². The fourth-order valence-electron chi connectivity index (χ4n) is 2.55. The smallest absolute Gasteiger partial charge is 0.253 e. The van der Waals surface area contributed by atoms with Crippen molar-refractivity contribution in [2.45, 2.75) is 6.92 Å². The Morgan fingerprint density at radius 3 is 2.62 bits per heavy atom. The van der Waals surface area contributed by atoms with E-state index in [4.69, 9.17) is 0 Å². The second kappa shape index (κ2) is 5.91. The Balaban J connectivity index is 1.64. The first-order chi connectivity index (χ1) is 10.2. The normalized spacial score (nSPS) is 15.1. The highest BCUT2D eigenvalue weighted by molar-refractivity contribution is 5.94. The molecule has 3 rings (SSSR count). The van der Waals surface area contributed by atoms with Crippen LogP contribution in [0.1, 0.15) is 15.9 Å². The van der Waals surface area contributed by atoms with Gasteiger partial charge in [0, 0.05) is 44.1 Å². The highest BCUT2D eigenvalue weighted by Crippen LogP contribution is 2.14. The average Bonchev–Trinajstić information content (AvgIpc) is 2.55. The number of carbonyl (C=O) groups excluding carboxylic acids is 1. The first-order valence-electron chi connectivity index (χ1n) is 7.11. The first kappa shape index (κ1) is 13.5. The molecule has 2 heterocycles. The third-order valence-corrected chi connectivity index (χ3v) is 3.71. The summed E-state index contributed by atoms with van der Waals surface area (Å²) in [6.07, 6.45) is 5.12. The molecule has 5 heteroatoms. The number of aryl methyl sites for hydroxylation is 1. The van der Waals surface area contributed by atoms with Crippen LogP contribution in [-0.2, 0) is 0 Å². The number of hydrogen-bond acceptors (Lipinski definition) is 4. The summed E-state index contributed by atoms with van der Waals surface area (Å²) in [6.45, 7) is 5.00. The lowest BCUT2D eigenvalue weighted by atomic mass is 10.1. The van der Waals surface area contributed by atoms with Gasteiger partial charge < -0.3 is 9.80 Å². The average molecular weight is 282 g/mol. The Labute approximate surface area is 124 Å². The van der Waals surface area contributed by atoms with E-state index in [1.165, 1.54) is 0 Å². The number of piperazine rings is 1. The Morgan fingerprint density at radius 2 is 1.95 bits per heavy atom. The van der Waals surface area contributed by atoms with Gasteiger partial charge in [-0.05, 0) is 19.1 Å². The van der Waals surface area contributed by atoms with Crippen LogP contribution in [-0.4, -0.2) is 47.0 Å². The van der Waals surface area contributed by atoms with Gasteiger partial charge in [0.15, 0.2) is 0 Å². The number of benzene rings is 1. The van der Waals surface area contributed by atoms with E-state index in [0.29, 0.717) is 13.1 Å². The largest absolute Gasteiger partial charge is 0.352 e. The second-order valence-corrected chi connectivity index (χ2v) is 5.21. The van der Waals surface area contributed by atoms with Crippen LogP contribution >= 0.6 is 0 Å². The molecular formula is C16H18N4O. The Hall–Kier alpha value is -2.43. The van der Waals surface area contributed by atoms with E-state index in [0.717, 1.165) is 30.0 Å². The number of amides is 1. The van der Waals surface area contributed by atoms with E-state index < -0.39 is 0 Å². The molecule has 1 amide bonds. The van der Waals surface area contributed by atoms with E-state index in [2.05, 4.69) is 14.9 Å². The molecule has 0 saturated carbocycles. The van der Waals surface area contributed by atoms with E-state index in [1.54, 1.807) is 18.6 Å². The minimum Gasteiger partial charge on any atom is -0.352 e. The molecular weight excluding hydrogens is 264 g/mol. The zero-order chi connectivity index (χ0) is 14.7. The number of carbonyl (C=O) groups is 1. The predicted molar refractivity (Wildman–Crippen MR) is 81.3 cm³/mol. The van der Waals surface area contributed by atoms with Gasteiger partial charge in [0.2, 0.25) is 0 Å². The predicted octanol–water partition coefficient (Wildman–Crippen LogP) is 1.75. The molecule has 0 aliphatic carbocycles. The van der Waals surface area contributed by atoms with Crippen molar-refractivity contribution in [3.05, 3.63) is 54.0 Å². The highest BCUT2D eigenvalue weighted by Gasteiger charge is 2.22.